The van der Waals surface area contributed by atoms with Gasteiger partial charge in [0, 0.05) is 31.4 Å². The lowest BCUT2D eigenvalue weighted by molar-refractivity contribution is -0.0586. The van der Waals surface area contributed by atoms with Crippen LogP contribution in [-0.2, 0) is 4.74 Å². The van der Waals surface area contributed by atoms with Crippen LogP contribution in [0, 0.1) is 0 Å². The molecule has 0 saturated carbocycles. The summed E-state index contributed by atoms with van der Waals surface area (Å²) >= 11 is 0. The molecule has 21 heavy (non-hydrogen) atoms. The van der Waals surface area contributed by atoms with E-state index >= 15 is 0 Å². The predicted molar refractivity (Wildman–Crippen MR) is 83.8 cm³/mol. The van der Waals surface area contributed by atoms with Gasteiger partial charge in [0.15, 0.2) is 0 Å². The molecule has 1 aliphatic heterocycles. The number of hydrogen-bond donors (Lipinski definition) is 1. The lowest BCUT2D eigenvalue weighted by Crippen LogP contribution is -2.48. The van der Waals surface area contributed by atoms with Crippen LogP contribution in [0.1, 0.15) is 49.7 Å². The van der Waals surface area contributed by atoms with E-state index in [1.165, 1.54) is 0 Å². The SMILES string of the molecule is CNc1cc(C(=O)N2C[C@@H](C)O[C@@H](C)C2)cc(C(C)C)n1. The fourth-order valence-electron chi connectivity index (χ4n) is 2.63. The predicted octanol–water partition coefficient (Wildman–Crippen LogP) is 2.50. The number of ether oxygens (including phenoxy) is 1. The molecule has 2 heterocycles. The first-order chi connectivity index (χ1) is 9.90. The van der Waals surface area contributed by atoms with Crippen molar-refractivity contribution >= 4 is 11.7 Å². The maximum Gasteiger partial charge on any atom is 0.254 e. The molecule has 1 aromatic rings. The molecule has 2 rings (SSSR count). The lowest BCUT2D eigenvalue weighted by atomic mass is 10.1. The molecule has 116 valence electrons. The zero-order valence-corrected chi connectivity index (χ0v) is 13.5. The van der Waals surface area contributed by atoms with Gasteiger partial charge in [0.25, 0.3) is 5.91 Å². The zero-order chi connectivity index (χ0) is 15.6. The lowest BCUT2D eigenvalue weighted by Gasteiger charge is -2.35. The Balaban J connectivity index is 2.27. The molecule has 0 unspecified atom stereocenters. The van der Waals surface area contributed by atoms with Gasteiger partial charge in [0.2, 0.25) is 0 Å². The summed E-state index contributed by atoms with van der Waals surface area (Å²) in [5.74, 6) is 1.07. The second-order valence-corrected chi connectivity index (χ2v) is 6.04. The molecule has 0 radical (unpaired) electrons. The Morgan fingerprint density at radius 3 is 2.48 bits per heavy atom. The van der Waals surface area contributed by atoms with Crippen LogP contribution in [0.4, 0.5) is 5.82 Å². The molecule has 1 aromatic heterocycles. The number of hydrogen-bond acceptors (Lipinski definition) is 4. The van der Waals surface area contributed by atoms with Gasteiger partial charge in [-0.1, -0.05) is 13.8 Å². The molecule has 1 N–H and O–H groups in total. The third-order valence-electron chi connectivity index (χ3n) is 3.65. The first-order valence-electron chi connectivity index (χ1n) is 7.55. The molecule has 1 saturated heterocycles. The van der Waals surface area contributed by atoms with Gasteiger partial charge < -0.3 is 15.0 Å². The highest BCUT2D eigenvalue weighted by molar-refractivity contribution is 5.95. The Bertz CT molecular complexity index is 506. The Morgan fingerprint density at radius 2 is 1.95 bits per heavy atom. The number of anilines is 1. The van der Waals surface area contributed by atoms with Crippen molar-refractivity contribution in [2.45, 2.75) is 45.8 Å². The molecule has 0 spiro atoms. The number of nitrogens with one attached hydrogen (secondary N) is 1. The Labute approximate surface area is 126 Å². The van der Waals surface area contributed by atoms with Crippen LogP contribution < -0.4 is 5.32 Å². The molecule has 1 aliphatic rings. The van der Waals surface area contributed by atoms with Crippen molar-refractivity contribution in [3.05, 3.63) is 23.4 Å². The quantitative estimate of drug-likeness (QED) is 0.929. The van der Waals surface area contributed by atoms with Crippen molar-refractivity contribution in [1.82, 2.24) is 9.88 Å². The smallest absolute Gasteiger partial charge is 0.254 e. The van der Waals surface area contributed by atoms with Crippen LogP contribution in [0.5, 0.6) is 0 Å². The number of carbonyl (C=O) groups is 1. The molecular formula is C16H25N3O2. The van der Waals surface area contributed by atoms with Gasteiger partial charge in [0.05, 0.1) is 12.2 Å². The summed E-state index contributed by atoms with van der Waals surface area (Å²) in [5.41, 5.74) is 1.62. The summed E-state index contributed by atoms with van der Waals surface area (Å²) in [6.07, 6.45) is 0.153. The minimum atomic E-state index is 0.0535. The molecule has 2 atom stereocenters. The van der Waals surface area contributed by atoms with E-state index in [0.717, 1.165) is 11.5 Å². The van der Waals surface area contributed by atoms with Gasteiger partial charge in [-0.25, -0.2) is 4.98 Å². The van der Waals surface area contributed by atoms with E-state index in [4.69, 9.17) is 4.74 Å². The van der Waals surface area contributed by atoms with Gasteiger partial charge in [-0.2, -0.15) is 0 Å². The number of morpholine rings is 1. The van der Waals surface area contributed by atoms with Gasteiger partial charge in [-0.15, -0.1) is 0 Å². The molecule has 5 nitrogen and oxygen atoms in total. The number of pyridine rings is 1. The molecule has 0 aromatic carbocycles. The van der Waals surface area contributed by atoms with Gasteiger partial charge in [0.1, 0.15) is 5.82 Å². The summed E-state index contributed by atoms with van der Waals surface area (Å²) in [5, 5.41) is 3.03. The number of carbonyl (C=O) groups excluding carboxylic acids is 1. The van der Waals surface area contributed by atoms with Crippen molar-refractivity contribution in [1.29, 1.82) is 0 Å². The second-order valence-electron chi connectivity index (χ2n) is 6.04. The van der Waals surface area contributed by atoms with Gasteiger partial charge in [-0.3, -0.25) is 4.79 Å². The summed E-state index contributed by atoms with van der Waals surface area (Å²) < 4.78 is 5.69. The van der Waals surface area contributed by atoms with E-state index in [0.29, 0.717) is 18.7 Å². The number of nitrogens with zero attached hydrogens (tertiary/aromatic N) is 2. The highest BCUT2D eigenvalue weighted by atomic mass is 16.5. The van der Waals surface area contributed by atoms with Crippen molar-refractivity contribution in [3.63, 3.8) is 0 Å². The fraction of sp³-hybridized carbons (Fsp3) is 0.625. The first kappa shape index (κ1) is 15.8. The minimum Gasteiger partial charge on any atom is -0.373 e. The van der Waals surface area contributed by atoms with E-state index in [9.17, 15) is 4.79 Å². The molecule has 0 bridgehead atoms. The van der Waals surface area contributed by atoms with Crippen LogP contribution in [-0.4, -0.2) is 48.1 Å². The summed E-state index contributed by atoms with van der Waals surface area (Å²) in [6, 6.07) is 3.72. The number of aromatic nitrogens is 1. The van der Waals surface area contributed by atoms with E-state index in [1.54, 1.807) is 0 Å². The van der Waals surface area contributed by atoms with Crippen LogP contribution in [0.2, 0.25) is 0 Å². The highest BCUT2D eigenvalue weighted by Crippen LogP contribution is 2.20. The Kier molecular flexibility index (Phi) is 4.83. The van der Waals surface area contributed by atoms with Crippen LogP contribution in [0.25, 0.3) is 0 Å². The summed E-state index contributed by atoms with van der Waals surface area (Å²) in [7, 11) is 1.82. The zero-order valence-electron chi connectivity index (χ0n) is 13.5. The average molecular weight is 291 g/mol. The third kappa shape index (κ3) is 3.73. The van der Waals surface area contributed by atoms with Crippen molar-refractivity contribution < 1.29 is 9.53 Å². The standard InChI is InChI=1S/C16H25N3O2/c1-10(2)14-6-13(7-15(17-5)18-14)16(20)19-8-11(3)21-12(4)9-19/h6-7,10-12H,8-9H2,1-5H3,(H,17,18)/t11-,12+. The number of rotatable bonds is 3. The summed E-state index contributed by atoms with van der Waals surface area (Å²) in [6.45, 7) is 9.43. The fourth-order valence-corrected chi connectivity index (χ4v) is 2.63. The normalized spacial score (nSPS) is 22.5. The van der Waals surface area contributed by atoms with Crippen LogP contribution >= 0.6 is 0 Å². The van der Waals surface area contributed by atoms with Crippen molar-refractivity contribution in [2.24, 2.45) is 0 Å². The van der Waals surface area contributed by atoms with Gasteiger partial charge >= 0.3 is 0 Å². The highest BCUT2D eigenvalue weighted by Gasteiger charge is 2.27. The first-order valence-corrected chi connectivity index (χ1v) is 7.55. The van der Waals surface area contributed by atoms with Crippen LogP contribution in [0.3, 0.4) is 0 Å². The molecule has 0 aliphatic carbocycles. The third-order valence-corrected chi connectivity index (χ3v) is 3.65. The van der Waals surface area contributed by atoms with Gasteiger partial charge in [-0.05, 0) is 31.9 Å². The van der Waals surface area contributed by atoms with Crippen molar-refractivity contribution in [2.75, 3.05) is 25.5 Å². The monoisotopic (exact) mass is 291 g/mol. The minimum absolute atomic E-state index is 0.0535. The Hall–Kier alpha value is -1.62. The van der Waals surface area contributed by atoms with E-state index < -0.39 is 0 Å². The average Bonchev–Trinajstić information content (AvgIpc) is 2.44. The molecule has 1 fully saturated rings. The topological polar surface area (TPSA) is 54.5 Å². The molecule has 1 amide bonds. The van der Waals surface area contributed by atoms with Crippen molar-refractivity contribution in [3.8, 4) is 0 Å². The largest absolute Gasteiger partial charge is 0.373 e. The summed E-state index contributed by atoms with van der Waals surface area (Å²) in [4.78, 5) is 19.1. The molecular weight excluding hydrogens is 266 g/mol. The maximum absolute atomic E-state index is 12.7. The van der Waals surface area contributed by atoms with Crippen LogP contribution in [0.15, 0.2) is 12.1 Å². The molecule has 5 heteroatoms. The Morgan fingerprint density at radius 1 is 1.33 bits per heavy atom. The second kappa shape index (κ2) is 6.43. The van der Waals surface area contributed by atoms with E-state index in [2.05, 4.69) is 24.1 Å². The maximum atomic E-state index is 12.7. The number of amides is 1. The van der Waals surface area contributed by atoms with E-state index in [-0.39, 0.29) is 24.0 Å². The van der Waals surface area contributed by atoms with E-state index in [1.807, 2.05) is 37.9 Å².